The molecule has 0 aromatic carbocycles. The summed E-state index contributed by atoms with van der Waals surface area (Å²) in [7, 11) is -3.25. The predicted octanol–water partition coefficient (Wildman–Crippen LogP) is 0.218. The van der Waals surface area contributed by atoms with Crippen molar-refractivity contribution in [2.75, 3.05) is 12.9 Å². The molecule has 1 heterocycles. The monoisotopic (exact) mass is 190 g/mol. The predicted molar refractivity (Wildman–Crippen MR) is 42.6 cm³/mol. The second kappa shape index (κ2) is 3.28. The fourth-order valence-corrected chi connectivity index (χ4v) is 1.38. The molecule has 0 spiro atoms. The van der Waals surface area contributed by atoms with Gasteiger partial charge in [0.25, 0.3) is 0 Å². The minimum absolute atomic E-state index is 0.0449. The van der Waals surface area contributed by atoms with Gasteiger partial charge in [-0.05, 0) is 12.1 Å². The molecule has 0 aliphatic heterocycles. The number of aliphatic hydroxyl groups excluding tert-OH is 1. The molecule has 0 amide bonds. The Labute approximate surface area is 70.7 Å². The molecule has 4 nitrogen and oxygen atoms in total. The van der Waals surface area contributed by atoms with Crippen molar-refractivity contribution >= 4 is 9.84 Å². The third-order valence-corrected chi connectivity index (χ3v) is 2.31. The molecule has 1 aromatic rings. The largest absolute Gasteiger partial charge is 0.450 e. The highest BCUT2D eigenvalue weighted by atomic mass is 32.2. The van der Waals surface area contributed by atoms with Gasteiger partial charge in [-0.1, -0.05) is 0 Å². The minimum Gasteiger partial charge on any atom is -0.450 e. The number of hydrogen-bond acceptors (Lipinski definition) is 4. The van der Waals surface area contributed by atoms with Crippen LogP contribution in [0.3, 0.4) is 0 Å². The summed E-state index contributed by atoms with van der Waals surface area (Å²) in [6.07, 6.45) is 1.42. The van der Waals surface area contributed by atoms with Crippen LogP contribution in [0.15, 0.2) is 21.6 Å². The van der Waals surface area contributed by atoms with Crippen molar-refractivity contribution in [2.45, 2.75) is 11.5 Å². The molecule has 0 atom stereocenters. The Morgan fingerprint density at radius 2 is 2.17 bits per heavy atom. The molecule has 1 rings (SSSR count). The molecule has 5 heteroatoms. The number of rotatable bonds is 3. The van der Waals surface area contributed by atoms with E-state index in [0.29, 0.717) is 12.2 Å². The Kier molecular flexibility index (Phi) is 2.54. The molecule has 68 valence electrons. The Bertz CT molecular complexity index is 349. The van der Waals surface area contributed by atoms with Gasteiger partial charge in [-0.3, -0.25) is 0 Å². The van der Waals surface area contributed by atoms with E-state index in [1.165, 1.54) is 6.07 Å². The van der Waals surface area contributed by atoms with Gasteiger partial charge in [0.05, 0.1) is 6.61 Å². The van der Waals surface area contributed by atoms with Crippen LogP contribution in [0.2, 0.25) is 0 Å². The molecule has 0 aliphatic carbocycles. The van der Waals surface area contributed by atoms with Gasteiger partial charge in [0, 0.05) is 12.7 Å². The Morgan fingerprint density at radius 1 is 1.50 bits per heavy atom. The Morgan fingerprint density at radius 3 is 2.58 bits per heavy atom. The minimum atomic E-state index is -3.25. The maximum absolute atomic E-state index is 10.9. The SMILES string of the molecule is CS(=O)(=O)c1ccc(CCO)o1. The van der Waals surface area contributed by atoms with Gasteiger partial charge in [0.2, 0.25) is 14.9 Å². The van der Waals surface area contributed by atoms with E-state index in [-0.39, 0.29) is 11.7 Å². The van der Waals surface area contributed by atoms with Crippen LogP contribution in [0.5, 0.6) is 0 Å². The molecule has 0 bridgehead atoms. The van der Waals surface area contributed by atoms with Crippen LogP contribution in [0, 0.1) is 0 Å². The fraction of sp³-hybridized carbons (Fsp3) is 0.429. The molecule has 0 radical (unpaired) electrons. The van der Waals surface area contributed by atoms with Crippen LogP contribution < -0.4 is 0 Å². The van der Waals surface area contributed by atoms with E-state index in [1.807, 2.05) is 0 Å². The van der Waals surface area contributed by atoms with Crippen molar-refractivity contribution in [3.63, 3.8) is 0 Å². The molecule has 0 aliphatic rings. The third kappa shape index (κ3) is 2.09. The van der Waals surface area contributed by atoms with Crippen LogP contribution in [0.1, 0.15) is 5.76 Å². The van der Waals surface area contributed by atoms with E-state index < -0.39 is 9.84 Å². The van der Waals surface area contributed by atoms with Gasteiger partial charge in [0.1, 0.15) is 5.76 Å². The van der Waals surface area contributed by atoms with Crippen molar-refractivity contribution in [1.29, 1.82) is 0 Å². The molecular weight excluding hydrogens is 180 g/mol. The number of furan rings is 1. The van der Waals surface area contributed by atoms with Crippen LogP contribution in [-0.4, -0.2) is 26.4 Å². The lowest BCUT2D eigenvalue weighted by atomic mass is 10.3. The first-order valence-electron chi connectivity index (χ1n) is 3.43. The van der Waals surface area contributed by atoms with Crippen molar-refractivity contribution < 1.29 is 17.9 Å². The Balaban J connectivity index is 2.92. The van der Waals surface area contributed by atoms with Gasteiger partial charge >= 0.3 is 0 Å². The normalized spacial score (nSPS) is 11.8. The lowest BCUT2D eigenvalue weighted by Crippen LogP contribution is -1.94. The Hall–Kier alpha value is -0.810. The van der Waals surface area contributed by atoms with Crippen molar-refractivity contribution in [1.82, 2.24) is 0 Å². The zero-order valence-electron chi connectivity index (χ0n) is 6.65. The van der Waals surface area contributed by atoms with Crippen LogP contribution >= 0.6 is 0 Å². The first-order valence-corrected chi connectivity index (χ1v) is 5.33. The zero-order chi connectivity index (χ0) is 9.19. The summed E-state index contributed by atoms with van der Waals surface area (Å²) in [5.74, 6) is 0.484. The average molecular weight is 190 g/mol. The summed E-state index contributed by atoms with van der Waals surface area (Å²) in [6, 6.07) is 2.94. The highest BCUT2D eigenvalue weighted by Gasteiger charge is 2.11. The maximum atomic E-state index is 10.9. The number of sulfone groups is 1. The van der Waals surface area contributed by atoms with E-state index in [4.69, 9.17) is 9.52 Å². The smallest absolute Gasteiger partial charge is 0.217 e. The molecule has 1 aromatic heterocycles. The van der Waals surface area contributed by atoms with Crippen LogP contribution in [0.4, 0.5) is 0 Å². The summed E-state index contributed by atoms with van der Waals surface area (Å²) in [5.41, 5.74) is 0. The van der Waals surface area contributed by atoms with E-state index in [0.717, 1.165) is 6.26 Å². The van der Waals surface area contributed by atoms with E-state index in [2.05, 4.69) is 0 Å². The lowest BCUT2D eigenvalue weighted by Gasteiger charge is -1.91. The molecular formula is C7H10O4S. The van der Waals surface area contributed by atoms with Crippen LogP contribution in [-0.2, 0) is 16.3 Å². The van der Waals surface area contributed by atoms with Crippen molar-refractivity contribution in [2.24, 2.45) is 0 Å². The van der Waals surface area contributed by atoms with E-state index in [1.54, 1.807) is 6.07 Å². The molecule has 12 heavy (non-hydrogen) atoms. The van der Waals surface area contributed by atoms with Gasteiger partial charge < -0.3 is 9.52 Å². The van der Waals surface area contributed by atoms with Crippen molar-refractivity contribution in [3.05, 3.63) is 17.9 Å². The molecule has 0 fully saturated rings. The standard InChI is InChI=1S/C7H10O4S/c1-12(9,10)7-3-2-6(11-7)4-5-8/h2-3,8H,4-5H2,1H3. The quantitative estimate of drug-likeness (QED) is 0.740. The maximum Gasteiger partial charge on any atom is 0.217 e. The molecule has 0 saturated heterocycles. The number of aliphatic hydroxyl groups is 1. The van der Waals surface area contributed by atoms with Crippen LogP contribution in [0.25, 0.3) is 0 Å². The third-order valence-electron chi connectivity index (χ3n) is 1.36. The summed E-state index contributed by atoms with van der Waals surface area (Å²) >= 11 is 0. The van der Waals surface area contributed by atoms with Gasteiger partial charge in [-0.15, -0.1) is 0 Å². The van der Waals surface area contributed by atoms with Gasteiger partial charge in [0.15, 0.2) is 0 Å². The summed E-state index contributed by atoms with van der Waals surface area (Å²) in [4.78, 5) is 0. The summed E-state index contributed by atoms with van der Waals surface area (Å²) in [6.45, 7) is -0.0449. The summed E-state index contributed by atoms with van der Waals surface area (Å²) in [5, 5.41) is 8.47. The van der Waals surface area contributed by atoms with Gasteiger partial charge in [-0.2, -0.15) is 0 Å². The molecule has 0 unspecified atom stereocenters. The second-order valence-corrected chi connectivity index (χ2v) is 4.41. The first kappa shape index (κ1) is 9.28. The molecule has 0 saturated carbocycles. The molecule has 1 N–H and O–H groups in total. The topological polar surface area (TPSA) is 67.5 Å². The van der Waals surface area contributed by atoms with E-state index in [9.17, 15) is 8.42 Å². The average Bonchev–Trinajstić information content (AvgIpc) is 2.35. The fourth-order valence-electron chi connectivity index (χ4n) is 0.802. The first-order chi connectivity index (χ1) is 5.54. The highest BCUT2D eigenvalue weighted by Crippen LogP contribution is 2.13. The highest BCUT2D eigenvalue weighted by molar-refractivity contribution is 7.90. The lowest BCUT2D eigenvalue weighted by molar-refractivity contribution is 0.282. The zero-order valence-corrected chi connectivity index (χ0v) is 7.47. The van der Waals surface area contributed by atoms with E-state index >= 15 is 0 Å². The van der Waals surface area contributed by atoms with Gasteiger partial charge in [-0.25, -0.2) is 8.42 Å². The van der Waals surface area contributed by atoms with Crippen molar-refractivity contribution in [3.8, 4) is 0 Å². The summed E-state index contributed by atoms with van der Waals surface area (Å²) < 4.78 is 26.7. The number of hydrogen-bond donors (Lipinski definition) is 1. The second-order valence-electron chi connectivity index (χ2n) is 2.47.